The third-order valence-corrected chi connectivity index (χ3v) is 2.42. The minimum Gasteiger partial charge on any atom is -0.370 e. The second-order valence-electron chi connectivity index (χ2n) is 3.76. The molecular weight excluding hydrogens is 287 g/mol. The van der Waals surface area contributed by atoms with Gasteiger partial charge < -0.3 is 31.9 Å². The number of nitrogens with one attached hydrogen (secondary N) is 4. The molecule has 0 saturated carbocycles. The topological polar surface area (TPSA) is 191 Å². The van der Waals surface area contributed by atoms with E-state index >= 15 is 0 Å². The maximum Gasteiger partial charge on any atom is 0.469 e. The fourth-order valence-electron chi connectivity index (χ4n) is 1.39. The van der Waals surface area contributed by atoms with Crippen LogP contribution in [0, 0.1) is 10.8 Å². The third kappa shape index (κ3) is 6.16. The molecule has 0 atom stereocenters. The predicted octanol–water partition coefficient (Wildman–Crippen LogP) is -0.0934. The summed E-state index contributed by atoms with van der Waals surface area (Å²) in [6, 6.07) is 4.49. The molecule has 1 rings (SSSR count). The Labute approximate surface area is 114 Å². The summed E-state index contributed by atoms with van der Waals surface area (Å²) in [4.78, 5) is 17.3. The maximum atomic E-state index is 10.7. The van der Waals surface area contributed by atoms with Gasteiger partial charge in [0.25, 0.3) is 0 Å². The van der Waals surface area contributed by atoms with Crippen LogP contribution in [0.15, 0.2) is 18.2 Å². The first-order valence-corrected chi connectivity index (χ1v) is 6.75. The Morgan fingerprint density at radius 2 is 1.60 bits per heavy atom. The molecule has 0 bridgehead atoms. The molecule has 0 saturated heterocycles. The van der Waals surface area contributed by atoms with Crippen LogP contribution in [-0.2, 0) is 15.7 Å². The van der Waals surface area contributed by atoms with Gasteiger partial charge in [0.1, 0.15) is 0 Å². The molecule has 20 heavy (non-hydrogen) atoms. The Bertz CT molecular complexity index is 537. The van der Waals surface area contributed by atoms with Crippen molar-refractivity contribution in [2.75, 3.05) is 10.6 Å². The summed E-state index contributed by atoms with van der Waals surface area (Å²) >= 11 is 0. The van der Waals surface area contributed by atoms with E-state index < -0.39 is 7.82 Å². The van der Waals surface area contributed by atoms with E-state index in [9.17, 15) is 4.57 Å². The highest BCUT2D eigenvalue weighted by molar-refractivity contribution is 7.46. The van der Waals surface area contributed by atoms with E-state index in [4.69, 9.17) is 32.1 Å². The van der Waals surface area contributed by atoms with Gasteiger partial charge >= 0.3 is 7.82 Å². The number of rotatable bonds is 5. The average molecular weight is 302 g/mol. The summed E-state index contributed by atoms with van der Waals surface area (Å²) < 4.78 is 15.0. The number of nitrogens with two attached hydrogens (primary N) is 2. The van der Waals surface area contributed by atoms with Crippen molar-refractivity contribution in [1.29, 1.82) is 10.8 Å². The Kier molecular flexibility index (Phi) is 5.06. The summed E-state index contributed by atoms with van der Waals surface area (Å²) in [6.45, 7) is -0.357. The molecule has 10 nitrogen and oxygen atoms in total. The summed E-state index contributed by atoms with van der Waals surface area (Å²) in [7, 11) is -4.59. The number of phosphoric acid groups is 1. The van der Waals surface area contributed by atoms with Gasteiger partial charge in [0.2, 0.25) is 0 Å². The highest BCUT2D eigenvalue weighted by atomic mass is 31.2. The van der Waals surface area contributed by atoms with Gasteiger partial charge in [0, 0.05) is 11.4 Å². The Hall–Kier alpha value is -2.13. The Morgan fingerprint density at radius 1 is 1.15 bits per heavy atom. The number of phosphoric ester groups is 1. The van der Waals surface area contributed by atoms with Crippen LogP contribution < -0.4 is 22.1 Å². The van der Waals surface area contributed by atoms with E-state index in [-0.39, 0.29) is 18.5 Å². The maximum absolute atomic E-state index is 10.7. The molecule has 0 spiro atoms. The van der Waals surface area contributed by atoms with Crippen LogP contribution in [0.5, 0.6) is 0 Å². The molecule has 0 radical (unpaired) electrons. The Balaban J connectivity index is 2.99. The lowest BCUT2D eigenvalue weighted by Gasteiger charge is -2.12. The predicted molar refractivity (Wildman–Crippen MR) is 74.3 cm³/mol. The molecule has 1 aromatic carbocycles. The van der Waals surface area contributed by atoms with Crippen LogP contribution in [0.3, 0.4) is 0 Å². The SMILES string of the molecule is N=C(N)Nc1cc(COP(=O)(O)O)cc(NC(=N)N)c1. The molecule has 0 aliphatic carbocycles. The zero-order valence-electron chi connectivity index (χ0n) is 10.3. The van der Waals surface area contributed by atoms with Gasteiger partial charge in [-0.3, -0.25) is 15.3 Å². The summed E-state index contributed by atoms with van der Waals surface area (Å²) in [5.74, 6) is -0.626. The smallest absolute Gasteiger partial charge is 0.370 e. The van der Waals surface area contributed by atoms with E-state index in [1.165, 1.54) is 18.2 Å². The first-order chi connectivity index (χ1) is 9.15. The third-order valence-electron chi connectivity index (χ3n) is 1.95. The van der Waals surface area contributed by atoms with Crippen LogP contribution in [0.1, 0.15) is 5.56 Å². The average Bonchev–Trinajstić information content (AvgIpc) is 2.23. The molecule has 110 valence electrons. The number of hydrogen-bond acceptors (Lipinski definition) is 4. The zero-order chi connectivity index (χ0) is 15.3. The Morgan fingerprint density at radius 3 is 1.95 bits per heavy atom. The lowest BCUT2D eigenvalue weighted by atomic mass is 10.2. The zero-order valence-corrected chi connectivity index (χ0v) is 11.1. The normalized spacial score (nSPS) is 10.9. The van der Waals surface area contributed by atoms with E-state index in [2.05, 4.69) is 15.2 Å². The standard InChI is InChI=1S/C9H15N6O4P/c10-8(11)14-6-1-5(4-19-20(16,17)18)2-7(3-6)15-9(12)13/h1-3H,4H2,(H4,10,11,14)(H4,12,13,15)(H2,16,17,18). The van der Waals surface area contributed by atoms with E-state index in [0.29, 0.717) is 16.9 Å². The first kappa shape index (κ1) is 15.9. The molecule has 11 heteroatoms. The van der Waals surface area contributed by atoms with Gasteiger partial charge in [-0.05, 0) is 23.8 Å². The lowest BCUT2D eigenvalue weighted by molar-refractivity contribution is 0.189. The highest BCUT2D eigenvalue weighted by Gasteiger charge is 2.14. The molecule has 0 aromatic heterocycles. The molecule has 0 amide bonds. The lowest BCUT2D eigenvalue weighted by Crippen LogP contribution is -2.22. The molecule has 0 aliphatic rings. The minimum absolute atomic E-state index is 0.313. The molecule has 0 fully saturated rings. The molecular formula is C9H15N6O4P. The largest absolute Gasteiger partial charge is 0.469 e. The number of benzene rings is 1. The van der Waals surface area contributed by atoms with Gasteiger partial charge in [0.05, 0.1) is 6.61 Å². The van der Waals surface area contributed by atoms with Crippen LogP contribution in [0.25, 0.3) is 0 Å². The van der Waals surface area contributed by atoms with Crippen molar-refractivity contribution in [3.8, 4) is 0 Å². The van der Waals surface area contributed by atoms with Crippen molar-refractivity contribution >= 4 is 31.1 Å². The molecule has 1 aromatic rings. The van der Waals surface area contributed by atoms with Crippen molar-refractivity contribution < 1.29 is 18.9 Å². The van der Waals surface area contributed by atoms with Gasteiger partial charge in [-0.2, -0.15) is 0 Å². The van der Waals surface area contributed by atoms with Crippen molar-refractivity contribution in [2.45, 2.75) is 6.61 Å². The van der Waals surface area contributed by atoms with E-state index in [0.717, 1.165) is 0 Å². The van der Waals surface area contributed by atoms with E-state index in [1.807, 2.05) is 0 Å². The van der Waals surface area contributed by atoms with Crippen molar-refractivity contribution in [3.05, 3.63) is 23.8 Å². The fraction of sp³-hybridized carbons (Fsp3) is 0.111. The van der Waals surface area contributed by atoms with Gasteiger partial charge in [-0.1, -0.05) is 0 Å². The first-order valence-electron chi connectivity index (χ1n) is 5.22. The van der Waals surface area contributed by atoms with Gasteiger partial charge in [-0.25, -0.2) is 4.57 Å². The van der Waals surface area contributed by atoms with Crippen LogP contribution in [-0.4, -0.2) is 21.7 Å². The van der Waals surface area contributed by atoms with Gasteiger partial charge in [0.15, 0.2) is 11.9 Å². The minimum atomic E-state index is -4.59. The quantitative estimate of drug-likeness (QED) is 0.210. The summed E-state index contributed by atoms with van der Waals surface area (Å²) in [6.07, 6.45) is 0. The van der Waals surface area contributed by atoms with Gasteiger partial charge in [-0.15, -0.1) is 0 Å². The van der Waals surface area contributed by atoms with Crippen LogP contribution in [0.2, 0.25) is 0 Å². The van der Waals surface area contributed by atoms with Crippen molar-refractivity contribution in [2.24, 2.45) is 11.5 Å². The molecule has 0 unspecified atom stereocenters. The summed E-state index contributed by atoms with van der Waals surface area (Å²) in [5, 5.41) is 19.3. The molecule has 0 heterocycles. The highest BCUT2D eigenvalue weighted by Crippen LogP contribution is 2.37. The second-order valence-corrected chi connectivity index (χ2v) is 5.00. The molecule has 0 aliphatic heterocycles. The second kappa shape index (κ2) is 6.35. The van der Waals surface area contributed by atoms with Crippen molar-refractivity contribution in [3.63, 3.8) is 0 Å². The molecule has 10 N–H and O–H groups in total. The van der Waals surface area contributed by atoms with Crippen LogP contribution >= 0.6 is 7.82 Å². The van der Waals surface area contributed by atoms with Crippen LogP contribution in [0.4, 0.5) is 11.4 Å². The number of hydrogen-bond donors (Lipinski definition) is 8. The van der Waals surface area contributed by atoms with Crippen molar-refractivity contribution in [1.82, 2.24) is 0 Å². The summed E-state index contributed by atoms with van der Waals surface area (Å²) in [5.41, 5.74) is 11.6. The number of anilines is 2. The van der Waals surface area contributed by atoms with E-state index in [1.54, 1.807) is 0 Å². The fourth-order valence-corrected chi connectivity index (χ4v) is 1.71. The number of guanidine groups is 2. The monoisotopic (exact) mass is 302 g/mol.